The summed E-state index contributed by atoms with van der Waals surface area (Å²) in [5.74, 6) is 0.289. The number of carbonyl (C=O) groups excluding carboxylic acids is 1. The number of halogens is 2. The molecule has 3 rings (SSSR count). The summed E-state index contributed by atoms with van der Waals surface area (Å²) in [5.41, 5.74) is 0.440. The Morgan fingerprint density at radius 1 is 0.968 bits per heavy atom. The summed E-state index contributed by atoms with van der Waals surface area (Å²) in [6.07, 6.45) is 0. The first-order chi connectivity index (χ1) is 14.9. The SMILES string of the molecule is O=C(CN(c1ccc(I)cc1)S(=O)(=O)c1ccccc1)NCCSc1ccc(Cl)cc1. The molecular weight excluding hydrogens is 567 g/mol. The van der Waals surface area contributed by atoms with Crippen LogP contribution in [-0.4, -0.2) is 33.2 Å². The lowest BCUT2D eigenvalue weighted by Crippen LogP contribution is -2.41. The van der Waals surface area contributed by atoms with Gasteiger partial charge in [0.25, 0.3) is 10.0 Å². The van der Waals surface area contributed by atoms with Crippen LogP contribution in [0, 0.1) is 3.57 Å². The normalized spacial score (nSPS) is 11.2. The topological polar surface area (TPSA) is 66.5 Å². The highest BCUT2D eigenvalue weighted by Crippen LogP contribution is 2.24. The van der Waals surface area contributed by atoms with E-state index in [1.54, 1.807) is 42.1 Å². The average Bonchev–Trinajstić information content (AvgIpc) is 2.77. The fourth-order valence-corrected chi connectivity index (χ4v) is 5.41. The molecule has 0 radical (unpaired) electrons. The molecule has 0 fully saturated rings. The molecule has 9 heteroatoms. The maximum Gasteiger partial charge on any atom is 0.264 e. The molecular formula is C22H20ClIN2O3S2. The van der Waals surface area contributed by atoms with Crippen molar-refractivity contribution >= 4 is 67.6 Å². The molecule has 3 aromatic rings. The lowest BCUT2D eigenvalue weighted by Gasteiger charge is -2.24. The Labute approximate surface area is 205 Å². The minimum absolute atomic E-state index is 0.139. The lowest BCUT2D eigenvalue weighted by atomic mass is 10.3. The van der Waals surface area contributed by atoms with E-state index in [9.17, 15) is 13.2 Å². The number of nitrogens with one attached hydrogen (secondary N) is 1. The van der Waals surface area contributed by atoms with E-state index in [1.165, 1.54) is 12.1 Å². The molecule has 5 nitrogen and oxygen atoms in total. The van der Waals surface area contributed by atoms with Gasteiger partial charge in [-0.1, -0.05) is 29.8 Å². The number of hydrogen-bond acceptors (Lipinski definition) is 4. The van der Waals surface area contributed by atoms with Gasteiger partial charge in [0.15, 0.2) is 0 Å². The van der Waals surface area contributed by atoms with Gasteiger partial charge in [-0.25, -0.2) is 8.42 Å². The quantitative estimate of drug-likeness (QED) is 0.217. The van der Waals surface area contributed by atoms with Gasteiger partial charge < -0.3 is 5.32 Å². The zero-order chi connectivity index (χ0) is 22.3. The van der Waals surface area contributed by atoms with E-state index in [2.05, 4.69) is 27.9 Å². The second kappa shape index (κ2) is 11.2. The summed E-state index contributed by atoms with van der Waals surface area (Å²) in [4.78, 5) is 13.8. The first kappa shape index (κ1) is 23.9. The summed E-state index contributed by atoms with van der Waals surface area (Å²) in [7, 11) is -3.89. The molecule has 1 amide bonds. The summed E-state index contributed by atoms with van der Waals surface area (Å²) in [6, 6.07) is 22.6. The van der Waals surface area contributed by atoms with Gasteiger partial charge in [0.2, 0.25) is 5.91 Å². The Morgan fingerprint density at radius 3 is 2.26 bits per heavy atom. The molecule has 0 aliphatic heterocycles. The highest BCUT2D eigenvalue weighted by atomic mass is 127. The largest absolute Gasteiger partial charge is 0.354 e. The van der Waals surface area contributed by atoms with E-state index in [1.807, 2.05) is 36.4 Å². The molecule has 31 heavy (non-hydrogen) atoms. The van der Waals surface area contributed by atoms with E-state index < -0.39 is 10.0 Å². The smallest absolute Gasteiger partial charge is 0.264 e. The molecule has 0 saturated heterocycles. The minimum Gasteiger partial charge on any atom is -0.354 e. The number of carbonyl (C=O) groups is 1. The summed E-state index contributed by atoms with van der Waals surface area (Å²) >= 11 is 9.62. The average molecular weight is 587 g/mol. The maximum absolute atomic E-state index is 13.2. The fraction of sp³-hybridized carbons (Fsp3) is 0.136. The fourth-order valence-electron chi connectivity index (χ4n) is 2.72. The van der Waals surface area contributed by atoms with E-state index in [-0.39, 0.29) is 17.3 Å². The summed E-state index contributed by atoms with van der Waals surface area (Å²) in [5, 5.41) is 3.48. The number of hydrogen-bond donors (Lipinski definition) is 1. The first-order valence-corrected chi connectivity index (χ1v) is 13.2. The number of nitrogens with zero attached hydrogens (tertiary/aromatic N) is 1. The maximum atomic E-state index is 13.2. The Balaban J connectivity index is 1.67. The second-order valence-electron chi connectivity index (χ2n) is 6.45. The first-order valence-electron chi connectivity index (χ1n) is 9.35. The number of thioether (sulfide) groups is 1. The van der Waals surface area contributed by atoms with E-state index >= 15 is 0 Å². The zero-order valence-corrected chi connectivity index (χ0v) is 20.9. The van der Waals surface area contributed by atoms with Gasteiger partial charge in [0.1, 0.15) is 6.54 Å². The number of rotatable bonds is 9. The van der Waals surface area contributed by atoms with Crippen LogP contribution < -0.4 is 9.62 Å². The van der Waals surface area contributed by atoms with Crippen LogP contribution in [-0.2, 0) is 14.8 Å². The van der Waals surface area contributed by atoms with Crippen molar-refractivity contribution < 1.29 is 13.2 Å². The van der Waals surface area contributed by atoms with Crippen LogP contribution in [0.5, 0.6) is 0 Å². The zero-order valence-electron chi connectivity index (χ0n) is 16.4. The molecule has 162 valence electrons. The molecule has 0 aromatic heterocycles. The third-order valence-corrected chi connectivity index (χ3v) is 8.01. The molecule has 0 atom stereocenters. The molecule has 0 unspecified atom stereocenters. The number of sulfonamides is 1. The number of anilines is 1. The molecule has 0 spiro atoms. The molecule has 1 N–H and O–H groups in total. The molecule has 0 bridgehead atoms. The molecule has 0 aliphatic carbocycles. The summed E-state index contributed by atoms with van der Waals surface area (Å²) in [6.45, 7) is 0.113. The Hall–Kier alpha value is -1.75. The van der Waals surface area contributed by atoms with Crippen LogP contribution >= 0.6 is 46.0 Å². The summed E-state index contributed by atoms with van der Waals surface area (Å²) < 4.78 is 28.6. The van der Waals surface area contributed by atoms with E-state index in [0.717, 1.165) is 12.8 Å². The van der Waals surface area contributed by atoms with Gasteiger partial charge in [-0.3, -0.25) is 9.10 Å². The van der Waals surface area contributed by atoms with Crippen molar-refractivity contribution in [3.05, 3.63) is 87.5 Å². The van der Waals surface area contributed by atoms with E-state index in [4.69, 9.17) is 11.6 Å². The van der Waals surface area contributed by atoms with Gasteiger partial charge in [-0.05, 0) is 83.3 Å². The van der Waals surface area contributed by atoms with Crippen molar-refractivity contribution in [1.29, 1.82) is 0 Å². The highest BCUT2D eigenvalue weighted by molar-refractivity contribution is 14.1. The third kappa shape index (κ3) is 6.86. The third-order valence-electron chi connectivity index (χ3n) is 4.24. The minimum atomic E-state index is -3.89. The van der Waals surface area contributed by atoms with Gasteiger partial charge in [0, 0.05) is 25.8 Å². The van der Waals surface area contributed by atoms with Crippen LogP contribution in [0.25, 0.3) is 0 Å². The Morgan fingerprint density at radius 2 is 1.61 bits per heavy atom. The van der Waals surface area contributed by atoms with Crippen LogP contribution in [0.2, 0.25) is 5.02 Å². The van der Waals surface area contributed by atoms with E-state index in [0.29, 0.717) is 23.0 Å². The highest BCUT2D eigenvalue weighted by Gasteiger charge is 2.26. The van der Waals surface area contributed by atoms with Gasteiger partial charge in [-0.2, -0.15) is 0 Å². The van der Waals surface area contributed by atoms with Gasteiger partial charge in [-0.15, -0.1) is 11.8 Å². The Kier molecular flexibility index (Phi) is 8.65. The van der Waals surface area contributed by atoms with Crippen LogP contribution in [0.4, 0.5) is 5.69 Å². The van der Waals surface area contributed by atoms with Crippen LogP contribution in [0.15, 0.2) is 88.7 Å². The predicted octanol–water partition coefficient (Wildman–Crippen LogP) is 5.05. The monoisotopic (exact) mass is 586 g/mol. The Bertz CT molecular complexity index is 1110. The van der Waals surface area contributed by atoms with Crippen molar-refractivity contribution in [2.24, 2.45) is 0 Å². The van der Waals surface area contributed by atoms with Crippen molar-refractivity contribution in [3.8, 4) is 0 Å². The standard InChI is InChI=1S/C22H20ClIN2O3S2/c23-17-6-12-20(13-7-17)30-15-14-25-22(27)16-26(19-10-8-18(24)9-11-19)31(28,29)21-4-2-1-3-5-21/h1-13H,14-16H2,(H,25,27). The van der Waals surface area contributed by atoms with Gasteiger partial charge >= 0.3 is 0 Å². The molecule has 0 heterocycles. The lowest BCUT2D eigenvalue weighted by molar-refractivity contribution is -0.119. The number of amides is 1. The molecule has 0 saturated carbocycles. The van der Waals surface area contributed by atoms with Crippen molar-refractivity contribution in [2.45, 2.75) is 9.79 Å². The van der Waals surface area contributed by atoms with Crippen molar-refractivity contribution in [2.75, 3.05) is 23.1 Å². The molecule has 3 aromatic carbocycles. The van der Waals surface area contributed by atoms with Crippen molar-refractivity contribution in [1.82, 2.24) is 5.32 Å². The molecule has 0 aliphatic rings. The predicted molar refractivity (Wildman–Crippen MR) is 135 cm³/mol. The van der Waals surface area contributed by atoms with Crippen LogP contribution in [0.3, 0.4) is 0 Å². The number of benzene rings is 3. The van der Waals surface area contributed by atoms with Gasteiger partial charge in [0.05, 0.1) is 10.6 Å². The van der Waals surface area contributed by atoms with Crippen molar-refractivity contribution in [3.63, 3.8) is 0 Å². The van der Waals surface area contributed by atoms with Crippen LogP contribution in [0.1, 0.15) is 0 Å². The second-order valence-corrected chi connectivity index (χ2v) is 11.2.